The van der Waals surface area contributed by atoms with Crippen LogP contribution in [0.25, 0.3) is 0 Å². The van der Waals surface area contributed by atoms with Crippen LogP contribution in [-0.2, 0) is 21.5 Å². The fraction of sp³-hybridized carbons (Fsp3) is 0.381. The van der Waals surface area contributed by atoms with E-state index in [2.05, 4.69) is 17.4 Å². The summed E-state index contributed by atoms with van der Waals surface area (Å²) in [5.41, 5.74) is 1.31. The Morgan fingerprint density at radius 1 is 1.29 bits per heavy atom. The molecule has 2 atom stereocenters. The molecule has 7 heteroatoms. The molecular weight excluding hydrogens is 374 g/mol. The third-order valence-electron chi connectivity index (χ3n) is 5.78. The average Bonchev–Trinajstić information content (AvgIpc) is 3.31. The summed E-state index contributed by atoms with van der Waals surface area (Å²) in [6.45, 7) is 1.44. The number of fused-ring (bicyclic) bond motifs is 1. The summed E-state index contributed by atoms with van der Waals surface area (Å²) in [5, 5.41) is 4.61. The van der Waals surface area contributed by atoms with Gasteiger partial charge in [0.05, 0.1) is 6.04 Å². The van der Waals surface area contributed by atoms with E-state index in [1.54, 1.807) is 18.9 Å². The van der Waals surface area contributed by atoms with E-state index in [0.717, 1.165) is 34.6 Å². The Hall–Kier alpha value is -2.67. The lowest BCUT2D eigenvalue weighted by atomic mass is 9.87. The second-order valence-electron chi connectivity index (χ2n) is 7.54. The highest BCUT2D eigenvalue weighted by molar-refractivity contribution is 7.10. The van der Waals surface area contributed by atoms with Crippen LogP contribution in [0.3, 0.4) is 0 Å². The summed E-state index contributed by atoms with van der Waals surface area (Å²) in [7, 11) is 1.76. The van der Waals surface area contributed by atoms with Gasteiger partial charge in [-0.25, -0.2) is 4.79 Å². The van der Waals surface area contributed by atoms with Crippen LogP contribution in [0.4, 0.5) is 4.79 Å². The Bertz CT molecular complexity index is 927. The molecule has 1 saturated heterocycles. The van der Waals surface area contributed by atoms with E-state index in [9.17, 15) is 14.4 Å². The molecule has 1 aliphatic carbocycles. The van der Waals surface area contributed by atoms with Crippen LogP contribution in [0.1, 0.15) is 41.8 Å². The molecule has 0 spiro atoms. The summed E-state index contributed by atoms with van der Waals surface area (Å²) in [6, 6.07) is 11.3. The molecule has 2 unspecified atom stereocenters. The third-order valence-corrected chi connectivity index (χ3v) is 6.87. The number of hydrogen-bond acceptors (Lipinski definition) is 4. The molecule has 1 aromatic carbocycles. The number of hydrogen-bond donors (Lipinski definition) is 1. The van der Waals surface area contributed by atoms with Gasteiger partial charge in [0.15, 0.2) is 5.54 Å². The molecule has 1 aliphatic heterocycles. The fourth-order valence-electron chi connectivity index (χ4n) is 4.12. The van der Waals surface area contributed by atoms with Crippen LogP contribution in [0, 0.1) is 0 Å². The zero-order valence-electron chi connectivity index (χ0n) is 16.0. The number of nitrogens with one attached hydrogen (secondary N) is 1. The van der Waals surface area contributed by atoms with Gasteiger partial charge in [0.25, 0.3) is 5.91 Å². The molecule has 2 aliphatic rings. The Balaban J connectivity index is 1.51. The Labute approximate surface area is 168 Å². The van der Waals surface area contributed by atoms with Gasteiger partial charge in [-0.2, -0.15) is 0 Å². The topological polar surface area (TPSA) is 69.7 Å². The molecule has 0 radical (unpaired) electrons. The molecule has 2 aromatic rings. The number of thiophene rings is 1. The Kier molecular flexibility index (Phi) is 4.71. The van der Waals surface area contributed by atoms with Crippen LogP contribution in [0.15, 0.2) is 41.8 Å². The van der Waals surface area contributed by atoms with E-state index >= 15 is 0 Å². The molecule has 4 rings (SSSR count). The molecule has 2 heterocycles. The Morgan fingerprint density at radius 2 is 2.07 bits per heavy atom. The molecule has 1 aromatic heterocycles. The van der Waals surface area contributed by atoms with Crippen molar-refractivity contribution in [3.8, 4) is 0 Å². The second kappa shape index (κ2) is 7.05. The maximum Gasteiger partial charge on any atom is 0.325 e. The lowest BCUT2D eigenvalue weighted by Crippen LogP contribution is -2.44. The minimum absolute atomic E-state index is 0.0260. The number of carbonyl (C=O) groups is 3. The van der Waals surface area contributed by atoms with Crippen molar-refractivity contribution in [2.75, 3.05) is 13.6 Å². The van der Waals surface area contributed by atoms with Crippen molar-refractivity contribution in [3.63, 3.8) is 0 Å². The van der Waals surface area contributed by atoms with Gasteiger partial charge in [-0.3, -0.25) is 14.5 Å². The van der Waals surface area contributed by atoms with Crippen molar-refractivity contribution in [3.05, 3.63) is 57.8 Å². The lowest BCUT2D eigenvalue weighted by molar-refractivity contribution is -0.139. The maximum absolute atomic E-state index is 13.0. The van der Waals surface area contributed by atoms with E-state index in [1.807, 2.05) is 29.6 Å². The number of nitrogens with zero attached hydrogens (tertiary/aromatic N) is 2. The quantitative estimate of drug-likeness (QED) is 0.806. The summed E-state index contributed by atoms with van der Waals surface area (Å²) in [4.78, 5) is 41.8. The van der Waals surface area contributed by atoms with E-state index in [-0.39, 0.29) is 24.4 Å². The molecule has 0 bridgehead atoms. The van der Waals surface area contributed by atoms with Gasteiger partial charge in [-0.1, -0.05) is 30.3 Å². The van der Waals surface area contributed by atoms with Crippen LogP contribution in [0.5, 0.6) is 0 Å². The van der Waals surface area contributed by atoms with Gasteiger partial charge in [0.1, 0.15) is 6.54 Å². The number of imide groups is 1. The SMILES string of the molecule is CN(C(=O)CN1C(=O)NC(C)(c2cccs2)C1=O)C1CCCc2ccccc21. The van der Waals surface area contributed by atoms with E-state index in [1.165, 1.54) is 16.9 Å². The van der Waals surface area contributed by atoms with Crippen LogP contribution in [-0.4, -0.2) is 41.2 Å². The van der Waals surface area contributed by atoms with Gasteiger partial charge >= 0.3 is 6.03 Å². The first-order chi connectivity index (χ1) is 13.4. The number of likely N-dealkylation sites (N-methyl/N-ethyl adjacent to an activating group) is 1. The van der Waals surface area contributed by atoms with Crippen molar-refractivity contribution < 1.29 is 14.4 Å². The summed E-state index contributed by atoms with van der Waals surface area (Å²) in [5.74, 6) is -0.619. The number of urea groups is 1. The monoisotopic (exact) mass is 397 g/mol. The van der Waals surface area contributed by atoms with Gasteiger partial charge in [-0.15, -0.1) is 11.3 Å². The Morgan fingerprint density at radius 3 is 2.82 bits per heavy atom. The van der Waals surface area contributed by atoms with Gasteiger partial charge in [0, 0.05) is 11.9 Å². The molecule has 1 fully saturated rings. The normalized spacial score (nSPS) is 24.1. The fourth-order valence-corrected chi connectivity index (χ4v) is 4.96. The first-order valence-electron chi connectivity index (χ1n) is 9.43. The van der Waals surface area contributed by atoms with Gasteiger partial charge < -0.3 is 10.2 Å². The second-order valence-corrected chi connectivity index (χ2v) is 8.48. The van der Waals surface area contributed by atoms with Crippen LogP contribution >= 0.6 is 11.3 Å². The highest BCUT2D eigenvalue weighted by atomic mass is 32.1. The highest BCUT2D eigenvalue weighted by Crippen LogP contribution is 2.35. The zero-order valence-corrected chi connectivity index (χ0v) is 16.8. The minimum atomic E-state index is -1.11. The number of rotatable bonds is 4. The highest BCUT2D eigenvalue weighted by Gasteiger charge is 2.50. The predicted octanol–water partition coefficient (Wildman–Crippen LogP) is 3.05. The van der Waals surface area contributed by atoms with Crippen molar-refractivity contribution in [2.45, 2.75) is 37.8 Å². The molecule has 6 nitrogen and oxygen atoms in total. The molecule has 0 saturated carbocycles. The summed E-state index contributed by atoms with van der Waals surface area (Å²) in [6.07, 6.45) is 2.91. The first-order valence-corrected chi connectivity index (χ1v) is 10.3. The standard InChI is InChI=1S/C21H23N3O3S/c1-21(17-11-6-12-28-17)19(26)24(20(27)22-21)13-18(25)23(2)16-10-5-8-14-7-3-4-9-15(14)16/h3-4,6-7,9,11-12,16H,5,8,10,13H2,1-2H3,(H,22,27). The molecule has 28 heavy (non-hydrogen) atoms. The zero-order chi connectivity index (χ0) is 19.9. The predicted molar refractivity (Wildman–Crippen MR) is 107 cm³/mol. The van der Waals surface area contributed by atoms with Gasteiger partial charge in [-0.05, 0) is 48.8 Å². The maximum atomic E-state index is 13.0. The first kappa shape index (κ1) is 18.7. The number of carbonyl (C=O) groups excluding carboxylic acids is 3. The van der Waals surface area contributed by atoms with Crippen molar-refractivity contribution in [1.82, 2.24) is 15.1 Å². The summed E-state index contributed by atoms with van der Waals surface area (Å²) < 4.78 is 0. The number of amides is 4. The molecule has 4 amide bonds. The molecular formula is C21H23N3O3S. The lowest BCUT2D eigenvalue weighted by Gasteiger charge is -2.34. The molecule has 1 N–H and O–H groups in total. The van der Waals surface area contributed by atoms with Crippen LogP contribution < -0.4 is 5.32 Å². The van der Waals surface area contributed by atoms with Crippen molar-refractivity contribution in [1.29, 1.82) is 0 Å². The van der Waals surface area contributed by atoms with Crippen LogP contribution in [0.2, 0.25) is 0 Å². The summed E-state index contributed by atoms with van der Waals surface area (Å²) >= 11 is 1.41. The number of aryl methyl sites for hydroxylation is 1. The third kappa shape index (κ3) is 2.99. The average molecular weight is 398 g/mol. The van der Waals surface area contributed by atoms with Crippen molar-refractivity contribution in [2.24, 2.45) is 0 Å². The number of benzene rings is 1. The minimum Gasteiger partial charge on any atom is -0.337 e. The van der Waals surface area contributed by atoms with E-state index < -0.39 is 11.6 Å². The largest absolute Gasteiger partial charge is 0.337 e. The molecule has 146 valence electrons. The van der Waals surface area contributed by atoms with Gasteiger partial charge in [0.2, 0.25) is 5.91 Å². The van der Waals surface area contributed by atoms with E-state index in [0.29, 0.717) is 0 Å². The smallest absolute Gasteiger partial charge is 0.325 e. The van der Waals surface area contributed by atoms with Crippen molar-refractivity contribution >= 4 is 29.2 Å². The van der Waals surface area contributed by atoms with E-state index in [4.69, 9.17) is 0 Å².